The number of rotatable bonds is 3. The monoisotopic (exact) mass is 276 g/mol. The molecule has 0 N–H and O–H groups in total. The van der Waals surface area contributed by atoms with Crippen LogP contribution in [0.3, 0.4) is 0 Å². The zero-order valence-electron chi connectivity index (χ0n) is 12.2. The van der Waals surface area contributed by atoms with Crippen molar-refractivity contribution in [3.8, 4) is 6.07 Å². The van der Waals surface area contributed by atoms with Crippen LogP contribution in [0.25, 0.3) is 0 Å². The molecule has 0 unspecified atom stereocenters. The van der Waals surface area contributed by atoms with E-state index >= 15 is 0 Å². The summed E-state index contributed by atoms with van der Waals surface area (Å²) >= 11 is 0. The molecule has 0 aromatic carbocycles. The van der Waals surface area contributed by atoms with E-state index in [4.69, 9.17) is 14.6 Å². The van der Waals surface area contributed by atoms with Crippen LogP contribution in [-0.2, 0) is 15.7 Å². The van der Waals surface area contributed by atoms with Gasteiger partial charge in [-0.25, -0.2) is 4.39 Å². The van der Waals surface area contributed by atoms with Crippen LogP contribution < -0.4 is 5.46 Å². The van der Waals surface area contributed by atoms with E-state index in [1.165, 1.54) is 6.07 Å². The van der Waals surface area contributed by atoms with Crippen LogP contribution in [0.15, 0.2) is 12.3 Å². The Labute approximate surface area is 119 Å². The average molecular weight is 276 g/mol. The molecule has 1 aromatic rings. The Hall–Kier alpha value is -1.45. The maximum Gasteiger partial charge on any atom is 0.496 e. The number of aryl methyl sites for hydroxylation is 1. The number of hydrogen-bond donors (Lipinski definition) is 0. The second kappa shape index (κ2) is 5.15. The van der Waals surface area contributed by atoms with E-state index in [1.807, 2.05) is 33.8 Å². The first-order valence-electron chi connectivity index (χ1n) is 6.64. The first kappa shape index (κ1) is 15.0. The van der Waals surface area contributed by atoms with E-state index in [0.29, 0.717) is 17.6 Å². The lowest BCUT2D eigenvalue weighted by Gasteiger charge is -2.32. The summed E-state index contributed by atoms with van der Waals surface area (Å²) in [4.78, 5) is 4.07. The number of aromatic nitrogens is 1. The number of nitrogens with zero attached hydrogens (tertiary/aromatic N) is 2. The normalized spacial score (nSPS) is 19.9. The van der Waals surface area contributed by atoms with Crippen molar-refractivity contribution in [3.05, 3.63) is 23.8 Å². The lowest BCUT2D eigenvalue weighted by atomic mass is 9.80. The fourth-order valence-corrected chi connectivity index (χ4v) is 1.95. The van der Waals surface area contributed by atoms with Crippen LogP contribution in [0.4, 0.5) is 4.39 Å². The third-order valence-corrected chi connectivity index (χ3v) is 3.94. The van der Waals surface area contributed by atoms with Crippen molar-refractivity contribution in [2.45, 2.75) is 51.7 Å². The molecule has 0 amide bonds. The molecule has 0 atom stereocenters. The van der Waals surface area contributed by atoms with Crippen molar-refractivity contribution in [3.63, 3.8) is 0 Å². The molecule has 1 fully saturated rings. The molecule has 1 aliphatic heterocycles. The highest BCUT2D eigenvalue weighted by Gasteiger charge is 2.51. The summed E-state index contributed by atoms with van der Waals surface area (Å²) in [7, 11) is -0.619. The van der Waals surface area contributed by atoms with Crippen molar-refractivity contribution in [2.75, 3.05) is 0 Å². The molecule has 0 bridgehead atoms. The van der Waals surface area contributed by atoms with Crippen LogP contribution >= 0.6 is 0 Å². The van der Waals surface area contributed by atoms with Gasteiger partial charge in [0.1, 0.15) is 5.82 Å². The van der Waals surface area contributed by atoms with Crippen molar-refractivity contribution in [2.24, 2.45) is 0 Å². The van der Waals surface area contributed by atoms with Crippen LogP contribution in [-0.4, -0.2) is 23.3 Å². The van der Waals surface area contributed by atoms with Gasteiger partial charge < -0.3 is 9.31 Å². The van der Waals surface area contributed by atoms with E-state index in [1.54, 1.807) is 6.20 Å². The Kier molecular flexibility index (Phi) is 3.85. The number of hydrogen-bond acceptors (Lipinski definition) is 4. The lowest BCUT2D eigenvalue weighted by Crippen LogP contribution is -2.41. The van der Waals surface area contributed by atoms with Gasteiger partial charge in [0.25, 0.3) is 0 Å². The summed E-state index contributed by atoms with van der Waals surface area (Å²) in [6.45, 7) is 7.77. The smallest absolute Gasteiger partial charge is 0.399 e. The van der Waals surface area contributed by atoms with Crippen LogP contribution in [0.1, 0.15) is 39.8 Å². The van der Waals surface area contributed by atoms with Crippen LogP contribution in [0.5, 0.6) is 0 Å². The minimum Gasteiger partial charge on any atom is -0.399 e. The highest BCUT2D eigenvalue weighted by molar-refractivity contribution is 6.62. The van der Waals surface area contributed by atoms with Crippen molar-refractivity contribution < 1.29 is 13.7 Å². The van der Waals surface area contributed by atoms with Gasteiger partial charge in [-0.1, -0.05) is 0 Å². The zero-order valence-corrected chi connectivity index (χ0v) is 12.2. The first-order chi connectivity index (χ1) is 9.27. The predicted molar refractivity (Wildman–Crippen MR) is 73.8 cm³/mol. The zero-order chi connectivity index (χ0) is 15.0. The molecule has 20 heavy (non-hydrogen) atoms. The molecule has 2 heterocycles. The fourth-order valence-electron chi connectivity index (χ4n) is 1.95. The van der Waals surface area contributed by atoms with Gasteiger partial charge in [-0.2, -0.15) is 5.26 Å². The number of halogens is 1. The molecule has 0 aliphatic carbocycles. The summed E-state index contributed by atoms with van der Waals surface area (Å²) in [5.74, 6) is -0.424. The number of nitriles is 1. The Morgan fingerprint density at radius 1 is 1.30 bits per heavy atom. The predicted octanol–water partition coefficient (Wildman–Crippen LogP) is 1.98. The molecule has 0 radical (unpaired) electrons. The van der Waals surface area contributed by atoms with Gasteiger partial charge in [0.2, 0.25) is 0 Å². The fraction of sp³-hybridized carbons (Fsp3) is 0.571. The number of pyridine rings is 1. The molecule has 106 valence electrons. The molecule has 1 aliphatic rings. The summed E-state index contributed by atoms with van der Waals surface area (Å²) in [6.07, 6.45) is 2.11. The SMILES string of the molecule is CC1(C)OB(c2cnc(CCC#N)c(F)c2)OC1(C)C. The Balaban J connectivity index is 2.20. The minimum atomic E-state index is -0.619. The second-order valence-electron chi connectivity index (χ2n) is 5.94. The molecule has 1 aromatic heterocycles. The molecule has 0 saturated carbocycles. The van der Waals surface area contributed by atoms with Crippen molar-refractivity contribution in [1.29, 1.82) is 5.26 Å². The van der Waals surface area contributed by atoms with E-state index in [0.717, 1.165) is 0 Å². The maximum atomic E-state index is 13.9. The molecule has 2 rings (SSSR count). The van der Waals surface area contributed by atoms with E-state index in [9.17, 15) is 4.39 Å². The second-order valence-corrected chi connectivity index (χ2v) is 5.94. The van der Waals surface area contributed by atoms with E-state index < -0.39 is 24.1 Å². The van der Waals surface area contributed by atoms with Crippen molar-refractivity contribution in [1.82, 2.24) is 4.98 Å². The molecular formula is C14H18BFN2O2. The topological polar surface area (TPSA) is 55.1 Å². The van der Waals surface area contributed by atoms with Gasteiger partial charge in [-0.05, 0) is 33.8 Å². The third-order valence-electron chi connectivity index (χ3n) is 3.94. The van der Waals surface area contributed by atoms with Crippen LogP contribution in [0, 0.1) is 17.1 Å². The Morgan fingerprint density at radius 3 is 2.40 bits per heavy atom. The van der Waals surface area contributed by atoms with Crippen LogP contribution in [0.2, 0.25) is 0 Å². The summed E-state index contributed by atoms with van der Waals surface area (Å²) in [6, 6.07) is 3.36. The van der Waals surface area contributed by atoms with E-state index in [2.05, 4.69) is 4.98 Å². The van der Waals surface area contributed by atoms with Crippen molar-refractivity contribution >= 4 is 12.6 Å². The molecule has 1 saturated heterocycles. The Morgan fingerprint density at radius 2 is 1.90 bits per heavy atom. The summed E-state index contributed by atoms with van der Waals surface area (Å²) in [5.41, 5.74) is -0.0741. The van der Waals surface area contributed by atoms with Gasteiger partial charge in [0.05, 0.1) is 23.0 Å². The van der Waals surface area contributed by atoms with E-state index in [-0.39, 0.29) is 6.42 Å². The Bertz CT molecular complexity index is 539. The average Bonchev–Trinajstić information content (AvgIpc) is 2.57. The summed E-state index contributed by atoms with van der Waals surface area (Å²) in [5, 5.41) is 8.52. The van der Waals surface area contributed by atoms with Gasteiger partial charge in [-0.15, -0.1) is 0 Å². The van der Waals surface area contributed by atoms with Gasteiger partial charge in [-0.3, -0.25) is 4.98 Å². The highest BCUT2D eigenvalue weighted by Crippen LogP contribution is 2.36. The van der Waals surface area contributed by atoms with Gasteiger partial charge in [0.15, 0.2) is 0 Å². The minimum absolute atomic E-state index is 0.250. The standard InChI is InChI=1S/C14H18BFN2O2/c1-13(2)14(3,4)20-15(19-13)10-8-11(16)12(18-9-10)6-5-7-17/h8-9H,5-6H2,1-4H3. The quantitative estimate of drug-likeness (QED) is 0.792. The maximum absolute atomic E-state index is 13.9. The highest BCUT2D eigenvalue weighted by atomic mass is 19.1. The third kappa shape index (κ3) is 2.69. The molecule has 4 nitrogen and oxygen atoms in total. The molecular weight excluding hydrogens is 258 g/mol. The summed E-state index contributed by atoms with van der Waals surface area (Å²) < 4.78 is 25.6. The first-order valence-corrected chi connectivity index (χ1v) is 6.64. The van der Waals surface area contributed by atoms with Gasteiger partial charge >= 0.3 is 7.12 Å². The lowest BCUT2D eigenvalue weighted by molar-refractivity contribution is 0.00578. The molecule has 0 spiro atoms. The largest absolute Gasteiger partial charge is 0.496 e. The molecule has 6 heteroatoms. The van der Waals surface area contributed by atoms with Gasteiger partial charge in [0, 0.05) is 24.5 Å².